The van der Waals surface area contributed by atoms with Crippen molar-refractivity contribution >= 4 is 9.84 Å². The fourth-order valence-electron chi connectivity index (χ4n) is 1.62. The van der Waals surface area contributed by atoms with Crippen molar-refractivity contribution in [1.29, 1.82) is 0 Å². The van der Waals surface area contributed by atoms with Crippen molar-refractivity contribution in [3.8, 4) is 0 Å². The summed E-state index contributed by atoms with van der Waals surface area (Å²) in [5.41, 5.74) is 7.73. The highest BCUT2D eigenvalue weighted by Crippen LogP contribution is 2.17. The molecule has 1 unspecified atom stereocenters. The summed E-state index contributed by atoms with van der Waals surface area (Å²) in [6.07, 6.45) is 1.36. The van der Waals surface area contributed by atoms with Crippen molar-refractivity contribution in [1.82, 2.24) is 0 Å². The molecule has 1 atom stereocenters. The van der Waals surface area contributed by atoms with Crippen LogP contribution in [0.1, 0.15) is 30.9 Å². The fourth-order valence-corrected chi connectivity index (χ4v) is 3.03. The highest BCUT2D eigenvalue weighted by molar-refractivity contribution is 7.91. The van der Waals surface area contributed by atoms with Gasteiger partial charge in [-0.05, 0) is 56.9 Å². The molecule has 0 bridgehead atoms. The van der Waals surface area contributed by atoms with Gasteiger partial charge < -0.3 is 5.73 Å². The molecule has 0 aliphatic heterocycles. The second-order valence-corrected chi connectivity index (χ2v) is 6.79. The third kappa shape index (κ3) is 4.13. The van der Waals surface area contributed by atoms with Gasteiger partial charge in [0.2, 0.25) is 0 Å². The van der Waals surface area contributed by atoms with Crippen LogP contribution in [-0.4, -0.2) is 20.2 Å². The Labute approximate surface area is 104 Å². The van der Waals surface area contributed by atoms with Crippen molar-refractivity contribution in [3.05, 3.63) is 29.3 Å². The van der Waals surface area contributed by atoms with E-state index in [4.69, 9.17) is 5.73 Å². The molecule has 3 nitrogen and oxygen atoms in total. The van der Waals surface area contributed by atoms with E-state index in [0.29, 0.717) is 11.3 Å². The van der Waals surface area contributed by atoms with E-state index in [-0.39, 0.29) is 11.8 Å². The summed E-state index contributed by atoms with van der Waals surface area (Å²) >= 11 is 0. The summed E-state index contributed by atoms with van der Waals surface area (Å²) in [5, 5.41) is 0. The molecule has 0 heterocycles. The first-order valence-electron chi connectivity index (χ1n) is 5.88. The number of hydrogen-bond donors (Lipinski definition) is 1. The molecular weight excluding hydrogens is 234 g/mol. The second-order valence-electron chi connectivity index (χ2n) is 4.68. The first-order chi connectivity index (χ1) is 7.83. The van der Waals surface area contributed by atoms with Crippen LogP contribution in [-0.2, 0) is 9.84 Å². The Hall–Kier alpha value is -0.870. The molecule has 0 aliphatic carbocycles. The van der Waals surface area contributed by atoms with Gasteiger partial charge in [-0.1, -0.05) is 6.07 Å². The largest absolute Gasteiger partial charge is 0.328 e. The normalized spacial score (nSPS) is 13.6. The van der Waals surface area contributed by atoms with E-state index in [9.17, 15) is 8.42 Å². The van der Waals surface area contributed by atoms with Crippen molar-refractivity contribution in [2.24, 2.45) is 5.73 Å². The fraction of sp³-hybridized carbons (Fsp3) is 0.538. The smallest absolute Gasteiger partial charge is 0.178 e. The van der Waals surface area contributed by atoms with Gasteiger partial charge >= 0.3 is 0 Å². The second kappa shape index (κ2) is 5.65. The molecule has 0 saturated heterocycles. The first-order valence-corrected chi connectivity index (χ1v) is 7.54. The maximum atomic E-state index is 12.0. The molecule has 2 N–H and O–H groups in total. The molecule has 96 valence electrons. The molecule has 0 fully saturated rings. The van der Waals surface area contributed by atoms with Gasteiger partial charge in [0, 0.05) is 6.04 Å². The van der Waals surface area contributed by atoms with Gasteiger partial charge in [-0.2, -0.15) is 0 Å². The van der Waals surface area contributed by atoms with Crippen LogP contribution in [0.4, 0.5) is 0 Å². The summed E-state index contributed by atoms with van der Waals surface area (Å²) in [4.78, 5) is 0.422. The van der Waals surface area contributed by atoms with E-state index < -0.39 is 9.84 Å². The monoisotopic (exact) mass is 255 g/mol. The molecule has 4 heteroatoms. The SMILES string of the molecule is Cc1ccc(S(=O)(=O)CCCC(C)N)cc1C. The first kappa shape index (κ1) is 14.2. The highest BCUT2D eigenvalue weighted by atomic mass is 32.2. The minimum Gasteiger partial charge on any atom is -0.328 e. The molecule has 0 radical (unpaired) electrons. The minimum atomic E-state index is -3.15. The number of sulfone groups is 1. The van der Waals surface area contributed by atoms with Crippen molar-refractivity contribution < 1.29 is 8.42 Å². The van der Waals surface area contributed by atoms with Gasteiger partial charge in [0.25, 0.3) is 0 Å². The van der Waals surface area contributed by atoms with E-state index in [1.807, 2.05) is 26.8 Å². The van der Waals surface area contributed by atoms with E-state index in [2.05, 4.69) is 0 Å². The molecular formula is C13H21NO2S. The van der Waals surface area contributed by atoms with E-state index in [1.54, 1.807) is 12.1 Å². The van der Waals surface area contributed by atoms with Gasteiger partial charge in [-0.3, -0.25) is 0 Å². The topological polar surface area (TPSA) is 60.2 Å². The molecule has 1 rings (SSSR count). The summed E-state index contributed by atoms with van der Waals surface area (Å²) in [6, 6.07) is 5.35. The third-order valence-electron chi connectivity index (χ3n) is 2.91. The van der Waals surface area contributed by atoms with E-state index in [0.717, 1.165) is 17.5 Å². The molecule has 0 spiro atoms. The number of aryl methyl sites for hydroxylation is 2. The quantitative estimate of drug-likeness (QED) is 0.877. The van der Waals surface area contributed by atoms with Gasteiger partial charge in [-0.25, -0.2) is 8.42 Å². The van der Waals surface area contributed by atoms with E-state index >= 15 is 0 Å². The maximum Gasteiger partial charge on any atom is 0.178 e. The third-order valence-corrected chi connectivity index (χ3v) is 4.71. The predicted octanol–water partition coefficient (Wildman–Crippen LogP) is 2.20. The molecule has 1 aromatic rings. The molecule has 0 aromatic heterocycles. The van der Waals surface area contributed by atoms with Crippen molar-refractivity contribution in [3.63, 3.8) is 0 Å². The lowest BCUT2D eigenvalue weighted by Gasteiger charge is -2.08. The number of benzene rings is 1. The van der Waals surface area contributed by atoms with Crippen LogP contribution in [0.2, 0.25) is 0 Å². The number of nitrogens with two attached hydrogens (primary N) is 1. The molecule has 17 heavy (non-hydrogen) atoms. The average Bonchev–Trinajstić information content (AvgIpc) is 2.21. The van der Waals surface area contributed by atoms with E-state index in [1.165, 1.54) is 0 Å². The minimum absolute atomic E-state index is 0.0601. The van der Waals surface area contributed by atoms with Gasteiger partial charge in [0.1, 0.15) is 0 Å². The standard InChI is InChI=1S/C13H21NO2S/c1-10-6-7-13(9-11(10)2)17(15,16)8-4-5-12(3)14/h6-7,9,12H,4-5,8,14H2,1-3H3. The highest BCUT2D eigenvalue weighted by Gasteiger charge is 2.14. The molecule has 0 amide bonds. The summed E-state index contributed by atoms with van der Waals surface area (Å²) in [7, 11) is -3.15. The Balaban J connectivity index is 2.79. The maximum absolute atomic E-state index is 12.0. The lowest BCUT2D eigenvalue weighted by atomic mass is 10.1. The van der Waals surface area contributed by atoms with Crippen LogP contribution >= 0.6 is 0 Å². The van der Waals surface area contributed by atoms with Crippen LogP contribution in [0.25, 0.3) is 0 Å². The Morgan fingerprint density at radius 2 is 1.88 bits per heavy atom. The number of hydrogen-bond acceptors (Lipinski definition) is 3. The number of rotatable bonds is 5. The molecule has 0 saturated carbocycles. The summed E-state index contributed by atoms with van der Waals surface area (Å²) in [6.45, 7) is 5.79. The van der Waals surface area contributed by atoms with Crippen LogP contribution in [0, 0.1) is 13.8 Å². The zero-order valence-corrected chi connectivity index (χ0v) is 11.5. The Kier molecular flexibility index (Phi) is 4.71. The predicted molar refractivity (Wildman–Crippen MR) is 70.9 cm³/mol. The van der Waals surface area contributed by atoms with Crippen molar-refractivity contribution in [2.75, 3.05) is 5.75 Å². The average molecular weight is 255 g/mol. The molecule has 0 aliphatic rings. The van der Waals surface area contributed by atoms with Crippen LogP contribution in [0.5, 0.6) is 0 Å². The zero-order chi connectivity index (χ0) is 13.1. The Morgan fingerprint density at radius 1 is 1.24 bits per heavy atom. The summed E-state index contributed by atoms with van der Waals surface area (Å²) < 4.78 is 24.1. The Bertz CT molecular complexity index is 478. The lowest BCUT2D eigenvalue weighted by molar-refractivity contribution is 0.585. The zero-order valence-electron chi connectivity index (χ0n) is 10.7. The van der Waals surface area contributed by atoms with Crippen LogP contribution in [0.3, 0.4) is 0 Å². The summed E-state index contributed by atoms with van der Waals surface area (Å²) in [5.74, 6) is 0.178. The van der Waals surface area contributed by atoms with Crippen LogP contribution in [0.15, 0.2) is 23.1 Å². The molecule has 1 aromatic carbocycles. The van der Waals surface area contributed by atoms with Gasteiger partial charge in [-0.15, -0.1) is 0 Å². The van der Waals surface area contributed by atoms with Gasteiger partial charge in [0.05, 0.1) is 10.6 Å². The Morgan fingerprint density at radius 3 is 2.41 bits per heavy atom. The van der Waals surface area contributed by atoms with Crippen LogP contribution < -0.4 is 5.73 Å². The van der Waals surface area contributed by atoms with Crippen molar-refractivity contribution in [2.45, 2.75) is 44.6 Å². The lowest BCUT2D eigenvalue weighted by Crippen LogP contribution is -2.16. The van der Waals surface area contributed by atoms with Gasteiger partial charge in [0.15, 0.2) is 9.84 Å².